The normalized spacial score (nSPS) is 11.5. The molecule has 36 heavy (non-hydrogen) atoms. The van der Waals surface area contributed by atoms with E-state index in [1.165, 1.54) is 51.6 Å². The zero-order valence-corrected chi connectivity index (χ0v) is 21.1. The maximum atomic E-state index is 13.5. The lowest BCUT2D eigenvalue weighted by atomic mass is 10.2. The first-order valence-corrected chi connectivity index (χ1v) is 12.2. The number of H-pyrrole nitrogens is 1. The van der Waals surface area contributed by atoms with Crippen LogP contribution < -0.4 is 19.5 Å². The van der Waals surface area contributed by atoms with Crippen molar-refractivity contribution in [2.24, 2.45) is 0 Å². The molecule has 0 atom stereocenters. The number of nitrogens with zero attached hydrogens (tertiary/aromatic N) is 3. The zero-order chi connectivity index (χ0) is 26.4. The van der Waals surface area contributed by atoms with Gasteiger partial charge in [-0.25, -0.2) is 27.6 Å². The number of nitrogens with one attached hydrogen (secondary N) is 1. The summed E-state index contributed by atoms with van der Waals surface area (Å²) in [6.45, 7) is 1.63. The van der Waals surface area contributed by atoms with Gasteiger partial charge in [0.05, 0.1) is 36.1 Å². The molecule has 0 aliphatic rings. The van der Waals surface area contributed by atoms with Crippen molar-refractivity contribution in [3.8, 4) is 17.2 Å². The second-order valence-electron chi connectivity index (χ2n) is 7.69. The minimum atomic E-state index is -4.15. The van der Waals surface area contributed by atoms with Crippen molar-refractivity contribution in [2.45, 2.75) is 11.8 Å². The molecule has 4 aromatic rings. The molecule has 188 valence electrons. The summed E-state index contributed by atoms with van der Waals surface area (Å²) in [5.41, 5.74) is 0.0355. The Bertz CT molecular complexity index is 1680. The van der Waals surface area contributed by atoms with Crippen molar-refractivity contribution in [3.63, 3.8) is 0 Å². The number of hydrogen-bond acceptors (Lipinski definition) is 7. The van der Waals surface area contributed by atoms with E-state index in [4.69, 9.17) is 21.1 Å². The van der Waals surface area contributed by atoms with Crippen LogP contribution in [0.5, 0.6) is 11.5 Å². The summed E-state index contributed by atoms with van der Waals surface area (Å²) in [6, 6.07) is 10.2. The summed E-state index contributed by atoms with van der Waals surface area (Å²) in [4.78, 5) is 31.2. The molecule has 0 spiro atoms. The van der Waals surface area contributed by atoms with Crippen LogP contribution in [-0.2, 0) is 10.0 Å². The van der Waals surface area contributed by atoms with Crippen molar-refractivity contribution in [3.05, 3.63) is 69.2 Å². The number of aromatic carboxylic acids is 1. The number of pyridine rings is 1. The molecule has 0 saturated heterocycles. The number of methoxy groups -OCH3 is 2. The van der Waals surface area contributed by atoms with Crippen LogP contribution in [0.25, 0.3) is 16.9 Å². The van der Waals surface area contributed by atoms with E-state index in [-0.39, 0.29) is 44.1 Å². The lowest BCUT2D eigenvalue weighted by molar-refractivity contribution is 0.0690. The van der Waals surface area contributed by atoms with Crippen LogP contribution >= 0.6 is 11.6 Å². The second-order valence-corrected chi connectivity index (χ2v) is 10.0. The number of benzene rings is 2. The molecule has 13 heteroatoms. The summed E-state index contributed by atoms with van der Waals surface area (Å²) < 4.78 is 39.7. The standard InChI is InChI=1S/C23H21ClN4O7S/c1-12-9-14(22(29)30)25-21-20(12)26-23(31)28(21)15-11-16(18(35-4)10-13(15)24)27(2)36(32,33)19-8-6-5-7-17(19)34-3/h5-11H,1-4H3,(H,26,31)(H,29,30). The van der Waals surface area contributed by atoms with Gasteiger partial charge in [0, 0.05) is 13.1 Å². The molecule has 2 heterocycles. The molecule has 4 rings (SSSR count). The van der Waals surface area contributed by atoms with Gasteiger partial charge in [-0.05, 0) is 36.8 Å². The van der Waals surface area contributed by atoms with E-state index >= 15 is 0 Å². The number of ether oxygens (including phenoxy) is 2. The Morgan fingerprint density at radius 1 is 1.14 bits per heavy atom. The Labute approximate surface area is 210 Å². The fraction of sp³-hybridized carbons (Fsp3) is 0.174. The smallest absolute Gasteiger partial charge is 0.354 e. The van der Waals surface area contributed by atoms with Crippen LogP contribution in [0.4, 0.5) is 5.69 Å². The number of aromatic amines is 1. The van der Waals surface area contributed by atoms with Gasteiger partial charge in [0.1, 0.15) is 16.4 Å². The summed E-state index contributed by atoms with van der Waals surface area (Å²) >= 11 is 6.48. The SMILES string of the molecule is COc1cc(Cl)c(-n2c(=O)[nH]c3c(C)cc(C(=O)O)nc32)cc1N(C)S(=O)(=O)c1ccccc1OC. The number of halogens is 1. The number of aromatic nitrogens is 3. The molecule has 0 radical (unpaired) electrons. The number of anilines is 1. The average Bonchev–Trinajstić information content (AvgIpc) is 3.19. The number of carboxylic acid groups (broad SMARTS) is 1. The predicted octanol–water partition coefficient (Wildman–Crippen LogP) is 3.22. The van der Waals surface area contributed by atoms with E-state index in [0.717, 1.165) is 8.87 Å². The number of hydrogen-bond donors (Lipinski definition) is 2. The quantitative estimate of drug-likeness (QED) is 0.369. The molecule has 0 unspecified atom stereocenters. The molecular weight excluding hydrogens is 512 g/mol. The Balaban J connectivity index is 1.98. The van der Waals surface area contributed by atoms with Gasteiger partial charge in [0.2, 0.25) is 0 Å². The van der Waals surface area contributed by atoms with Crippen molar-refractivity contribution >= 4 is 44.4 Å². The van der Waals surface area contributed by atoms with Crippen LogP contribution in [-0.4, -0.2) is 55.3 Å². The molecule has 0 aliphatic heterocycles. The highest BCUT2D eigenvalue weighted by Crippen LogP contribution is 2.39. The van der Waals surface area contributed by atoms with E-state index in [1.54, 1.807) is 19.1 Å². The van der Waals surface area contributed by atoms with Gasteiger partial charge in [-0.3, -0.25) is 4.31 Å². The number of carboxylic acids is 1. The van der Waals surface area contributed by atoms with Crippen molar-refractivity contribution in [1.29, 1.82) is 0 Å². The molecule has 0 saturated carbocycles. The third-order valence-corrected chi connectivity index (χ3v) is 7.71. The highest BCUT2D eigenvalue weighted by atomic mass is 35.5. The molecular formula is C23H21ClN4O7S. The Morgan fingerprint density at radius 2 is 1.81 bits per heavy atom. The third kappa shape index (κ3) is 4.03. The van der Waals surface area contributed by atoms with E-state index in [0.29, 0.717) is 11.1 Å². The molecule has 2 aromatic carbocycles. The van der Waals surface area contributed by atoms with Crippen LogP contribution in [0.3, 0.4) is 0 Å². The second kappa shape index (κ2) is 9.21. The van der Waals surface area contributed by atoms with E-state index in [9.17, 15) is 23.1 Å². The fourth-order valence-electron chi connectivity index (χ4n) is 3.79. The largest absolute Gasteiger partial charge is 0.495 e. The Morgan fingerprint density at radius 3 is 2.44 bits per heavy atom. The molecule has 0 aliphatic carbocycles. The molecule has 11 nitrogen and oxygen atoms in total. The van der Waals surface area contributed by atoms with Gasteiger partial charge in [0.25, 0.3) is 10.0 Å². The van der Waals surface area contributed by atoms with E-state index in [2.05, 4.69) is 9.97 Å². The lowest BCUT2D eigenvalue weighted by Crippen LogP contribution is -2.28. The fourth-order valence-corrected chi connectivity index (χ4v) is 5.38. The monoisotopic (exact) mass is 532 g/mol. The molecule has 0 fully saturated rings. The van der Waals surface area contributed by atoms with Crippen LogP contribution in [0.2, 0.25) is 5.02 Å². The van der Waals surface area contributed by atoms with E-state index in [1.807, 2.05) is 0 Å². The van der Waals surface area contributed by atoms with Gasteiger partial charge in [0.15, 0.2) is 11.3 Å². The van der Waals surface area contributed by atoms with Crippen LogP contribution in [0.15, 0.2) is 52.2 Å². The molecule has 2 aromatic heterocycles. The number of para-hydroxylation sites is 1. The zero-order valence-electron chi connectivity index (χ0n) is 19.6. The Hall–Kier alpha value is -4.03. The van der Waals surface area contributed by atoms with Gasteiger partial charge < -0.3 is 19.6 Å². The topological polar surface area (TPSA) is 144 Å². The predicted molar refractivity (Wildman–Crippen MR) is 134 cm³/mol. The number of sulfonamides is 1. The van der Waals surface area contributed by atoms with Crippen molar-refractivity contribution in [2.75, 3.05) is 25.6 Å². The highest BCUT2D eigenvalue weighted by molar-refractivity contribution is 7.93. The number of rotatable bonds is 7. The average molecular weight is 533 g/mol. The number of fused-ring (bicyclic) bond motifs is 1. The van der Waals surface area contributed by atoms with E-state index < -0.39 is 21.7 Å². The number of imidazole rings is 1. The van der Waals surface area contributed by atoms with Gasteiger partial charge >= 0.3 is 11.7 Å². The van der Waals surface area contributed by atoms with Crippen LogP contribution in [0, 0.1) is 6.92 Å². The maximum absolute atomic E-state index is 13.5. The Kier molecular flexibility index (Phi) is 6.41. The summed E-state index contributed by atoms with van der Waals surface area (Å²) in [7, 11) is -0.119. The third-order valence-electron chi connectivity index (χ3n) is 5.60. The lowest BCUT2D eigenvalue weighted by Gasteiger charge is -2.24. The highest BCUT2D eigenvalue weighted by Gasteiger charge is 2.29. The first-order chi connectivity index (χ1) is 17.0. The molecule has 2 N–H and O–H groups in total. The summed E-state index contributed by atoms with van der Waals surface area (Å²) in [5, 5.41) is 9.47. The maximum Gasteiger partial charge on any atom is 0.354 e. The minimum Gasteiger partial charge on any atom is -0.495 e. The number of aryl methyl sites for hydroxylation is 1. The molecule has 0 amide bonds. The van der Waals surface area contributed by atoms with Crippen molar-refractivity contribution < 1.29 is 27.8 Å². The van der Waals surface area contributed by atoms with Gasteiger partial charge in [-0.1, -0.05) is 23.7 Å². The van der Waals surface area contributed by atoms with Gasteiger partial charge in [-0.15, -0.1) is 0 Å². The van der Waals surface area contributed by atoms with Crippen LogP contribution in [0.1, 0.15) is 16.1 Å². The first-order valence-electron chi connectivity index (χ1n) is 10.4. The number of carbonyl (C=O) groups is 1. The van der Waals surface area contributed by atoms with Crippen molar-refractivity contribution in [1.82, 2.24) is 14.5 Å². The summed E-state index contributed by atoms with van der Waals surface area (Å²) in [5.74, 6) is -1.01. The molecule has 0 bridgehead atoms. The first kappa shape index (κ1) is 25.1. The summed E-state index contributed by atoms with van der Waals surface area (Å²) in [6.07, 6.45) is 0. The van der Waals surface area contributed by atoms with Gasteiger partial charge in [-0.2, -0.15) is 0 Å². The minimum absolute atomic E-state index is 0.0191.